The molecule has 0 saturated carbocycles. The molecule has 1 rings (SSSR count). The highest BCUT2D eigenvalue weighted by Crippen LogP contribution is 2.21. The van der Waals surface area contributed by atoms with Crippen molar-refractivity contribution < 1.29 is 9.90 Å². The fraction of sp³-hybridized carbons (Fsp3) is 0.100. The van der Waals surface area contributed by atoms with Gasteiger partial charge in [-0.15, -0.1) is 18.2 Å². The second-order valence-electron chi connectivity index (χ2n) is 2.28. The Bertz CT molecular complexity index is 352. The minimum atomic E-state index is -1.17. The van der Waals surface area contributed by atoms with Gasteiger partial charge in [-0.2, -0.15) is 0 Å². The summed E-state index contributed by atoms with van der Waals surface area (Å²) in [4.78, 5) is 11.3. The Morgan fingerprint density at radius 3 is 2.85 bits per heavy atom. The second kappa shape index (κ2) is 4.58. The smallest absolute Gasteiger partial charge is 0.0726 e. The van der Waals surface area contributed by atoms with E-state index < -0.39 is 5.97 Å². The highest BCUT2D eigenvalue weighted by atomic mass is 32.2. The van der Waals surface area contributed by atoms with Crippen molar-refractivity contribution in [3.63, 3.8) is 0 Å². The third-order valence-corrected chi connectivity index (χ3v) is 2.40. The first kappa shape index (κ1) is 9.69. The van der Waals surface area contributed by atoms with Gasteiger partial charge in [-0.25, -0.2) is 0 Å². The summed E-state index contributed by atoms with van der Waals surface area (Å²) in [5.41, 5.74) is 0.197. The summed E-state index contributed by atoms with van der Waals surface area (Å²) in [6.07, 6.45) is 5.07. The number of terminal acetylenes is 1. The number of benzene rings is 1. The second-order valence-corrected chi connectivity index (χ2v) is 3.29. The highest BCUT2D eigenvalue weighted by Gasteiger charge is 2.01. The molecule has 0 unspecified atom stereocenters. The van der Waals surface area contributed by atoms with E-state index in [2.05, 4.69) is 5.92 Å². The zero-order valence-electron chi connectivity index (χ0n) is 6.82. The number of carboxylic acid groups (broad SMARTS) is 1. The normalized spacial score (nSPS) is 9.15. The molecule has 0 aliphatic heterocycles. The molecule has 0 heterocycles. The molecule has 0 radical (unpaired) electrons. The first-order valence-electron chi connectivity index (χ1n) is 3.62. The standard InChI is InChI=1S/C10H8O2S/c1-2-7-13-9-6-4-3-5-8(9)10(11)12/h1,3-6H,7H2,(H,11,12)/p-1. The van der Waals surface area contributed by atoms with Crippen LogP contribution in [0.1, 0.15) is 10.4 Å². The summed E-state index contributed by atoms with van der Waals surface area (Å²) in [5, 5.41) is 10.6. The molecule has 66 valence electrons. The van der Waals surface area contributed by atoms with Gasteiger partial charge in [0.15, 0.2) is 0 Å². The molecule has 13 heavy (non-hydrogen) atoms. The van der Waals surface area contributed by atoms with Crippen molar-refractivity contribution in [1.82, 2.24) is 0 Å². The molecular weight excluding hydrogens is 184 g/mol. The lowest BCUT2D eigenvalue weighted by Crippen LogP contribution is -2.22. The van der Waals surface area contributed by atoms with Crippen LogP contribution in [0.4, 0.5) is 0 Å². The van der Waals surface area contributed by atoms with E-state index in [0.29, 0.717) is 10.6 Å². The van der Waals surface area contributed by atoms with Crippen molar-refractivity contribution in [3.05, 3.63) is 29.8 Å². The Hall–Kier alpha value is -1.40. The average Bonchev–Trinajstić information content (AvgIpc) is 2.15. The maximum Gasteiger partial charge on any atom is 0.0726 e. The van der Waals surface area contributed by atoms with Gasteiger partial charge in [0, 0.05) is 10.5 Å². The van der Waals surface area contributed by atoms with Crippen molar-refractivity contribution in [2.24, 2.45) is 0 Å². The lowest BCUT2D eigenvalue weighted by molar-refractivity contribution is -0.255. The van der Waals surface area contributed by atoms with E-state index in [0.717, 1.165) is 0 Å². The van der Waals surface area contributed by atoms with Crippen LogP contribution in [-0.4, -0.2) is 11.7 Å². The topological polar surface area (TPSA) is 40.1 Å². The predicted octanol–water partition coefficient (Wildman–Crippen LogP) is 0.775. The SMILES string of the molecule is C#CCSc1ccccc1C(=O)[O-]. The van der Waals surface area contributed by atoms with E-state index in [9.17, 15) is 9.90 Å². The number of carbonyl (C=O) groups excluding carboxylic acids is 1. The maximum atomic E-state index is 10.6. The molecule has 0 aromatic heterocycles. The van der Waals surface area contributed by atoms with E-state index in [4.69, 9.17) is 6.42 Å². The minimum Gasteiger partial charge on any atom is -0.545 e. The first-order valence-corrected chi connectivity index (χ1v) is 4.61. The van der Waals surface area contributed by atoms with E-state index in [1.54, 1.807) is 18.2 Å². The minimum absolute atomic E-state index is 0.197. The fourth-order valence-corrected chi connectivity index (χ4v) is 1.60. The van der Waals surface area contributed by atoms with E-state index in [1.165, 1.54) is 17.8 Å². The van der Waals surface area contributed by atoms with Crippen molar-refractivity contribution in [1.29, 1.82) is 0 Å². The molecule has 0 bridgehead atoms. The van der Waals surface area contributed by atoms with E-state index >= 15 is 0 Å². The monoisotopic (exact) mass is 191 g/mol. The van der Waals surface area contributed by atoms with Crippen LogP contribution in [0, 0.1) is 12.3 Å². The summed E-state index contributed by atoms with van der Waals surface area (Å²) in [5.74, 6) is 1.73. The highest BCUT2D eigenvalue weighted by molar-refractivity contribution is 7.99. The molecular formula is C10H7O2S-. The van der Waals surface area contributed by atoms with Crippen LogP contribution in [0.15, 0.2) is 29.2 Å². The Morgan fingerprint density at radius 2 is 2.23 bits per heavy atom. The molecule has 0 atom stereocenters. The summed E-state index contributed by atoms with van der Waals surface area (Å²) in [6.45, 7) is 0. The number of hydrogen-bond donors (Lipinski definition) is 0. The lowest BCUT2D eigenvalue weighted by Gasteiger charge is -2.07. The predicted molar refractivity (Wildman–Crippen MR) is 50.3 cm³/mol. The van der Waals surface area contributed by atoms with Crippen LogP contribution in [-0.2, 0) is 0 Å². The number of thioether (sulfide) groups is 1. The molecule has 0 N–H and O–H groups in total. The van der Waals surface area contributed by atoms with Gasteiger partial charge in [0.1, 0.15) is 0 Å². The van der Waals surface area contributed by atoms with Crippen molar-refractivity contribution in [2.45, 2.75) is 4.90 Å². The van der Waals surface area contributed by atoms with Crippen LogP contribution < -0.4 is 5.11 Å². The molecule has 2 nitrogen and oxygen atoms in total. The number of hydrogen-bond acceptors (Lipinski definition) is 3. The first-order chi connectivity index (χ1) is 6.25. The third kappa shape index (κ3) is 2.53. The average molecular weight is 191 g/mol. The molecule has 0 fully saturated rings. The van der Waals surface area contributed by atoms with Crippen molar-refractivity contribution in [3.8, 4) is 12.3 Å². The van der Waals surface area contributed by atoms with Gasteiger partial charge < -0.3 is 9.90 Å². The summed E-state index contributed by atoms with van der Waals surface area (Å²) in [6, 6.07) is 6.65. The quantitative estimate of drug-likeness (QED) is 0.523. The molecule has 0 aliphatic carbocycles. The number of rotatable bonds is 3. The summed E-state index contributed by atoms with van der Waals surface area (Å²) >= 11 is 1.32. The third-order valence-electron chi connectivity index (χ3n) is 1.42. The van der Waals surface area contributed by atoms with Gasteiger partial charge in [-0.05, 0) is 6.07 Å². The number of aromatic carboxylic acids is 1. The van der Waals surface area contributed by atoms with Crippen molar-refractivity contribution >= 4 is 17.7 Å². The van der Waals surface area contributed by atoms with Gasteiger partial charge in [-0.1, -0.05) is 24.1 Å². The van der Waals surface area contributed by atoms with Gasteiger partial charge in [0.05, 0.1) is 11.7 Å². The van der Waals surface area contributed by atoms with Crippen LogP contribution in [0.3, 0.4) is 0 Å². The largest absolute Gasteiger partial charge is 0.545 e. The van der Waals surface area contributed by atoms with Gasteiger partial charge in [-0.3, -0.25) is 0 Å². The molecule has 0 spiro atoms. The van der Waals surface area contributed by atoms with Gasteiger partial charge >= 0.3 is 0 Å². The van der Waals surface area contributed by atoms with E-state index in [-0.39, 0.29) is 5.56 Å². The van der Waals surface area contributed by atoms with Crippen LogP contribution >= 0.6 is 11.8 Å². The molecule has 1 aromatic rings. The summed E-state index contributed by atoms with van der Waals surface area (Å²) < 4.78 is 0. The van der Waals surface area contributed by atoms with Gasteiger partial charge in [0.2, 0.25) is 0 Å². The Balaban J connectivity index is 2.92. The van der Waals surface area contributed by atoms with Gasteiger partial charge in [0.25, 0.3) is 0 Å². The van der Waals surface area contributed by atoms with Crippen LogP contribution in [0.25, 0.3) is 0 Å². The Labute approximate surface area is 81.0 Å². The molecule has 0 amide bonds. The fourth-order valence-electron chi connectivity index (χ4n) is 0.881. The molecule has 0 aliphatic rings. The Kier molecular flexibility index (Phi) is 3.41. The number of carboxylic acids is 1. The van der Waals surface area contributed by atoms with Crippen molar-refractivity contribution in [2.75, 3.05) is 5.75 Å². The molecule has 3 heteroatoms. The zero-order chi connectivity index (χ0) is 9.68. The number of carbonyl (C=O) groups is 1. The summed E-state index contributed by atoms with van der Waals surface area (Å²) in [7, 11) is 0. The zero-order valence-corrected chi connectivity index (χ0v) is 7.64. The maximum absolute atomic E-state index is 10.6. The van der Waals surface area contributed by atoms with E-state index in [1.807, 2.05) is 0 Å². The molecule has 0 saturated heterocycles. The lowest BCUT2D eigenvalue weighted by atomic mass is 10.2. The van der Waals surface area contributed by atoms with Crippen LogP contribution in [0.5, 0.6) is 0 Å². The molecule has 1 aromatic carbocycles. The van der Waals surface area contributed by atoms with Crippen LogP contribution in [0.2, 0.25) is 0 Å². The Morgan fingerprint density at radius 1 is 1.54 bits per heavy atom.